The Balaban J connectivity index is 1.92. The number of ketones is 1. The molecular formula is C23H23N2O2+. The highest BCUT2D eigenvalue weighted by Gasteiger charge is 2.39. The summed E-state index contributed by atoms with van der Waals surface area (Å²) in [6.45, 7) is 1.92. The Morgan fingerprint density at radius 3 is 2.30 bits per heavy atom. The van der Waals surface area contributed by atoms with Crippen LogP contribution in [0.3, 0.4) is 0 Å². The van der Waals surface area contributed by atoms with Crippen molar-refractivity contribution in [3.05, 3.63) is 88.5 Å². The summed E-state index contributed by atoms with van der Waals surface area (Å²) in [5.41, 5.74) is 12.2. The lowest BCUT2D eigenvalue weighted by Gasteiger charge is -2.36. The van der Waals surface area contributed by atoms with Gasteiger partial charge < -0.3 is 10.8 Å². The number of nitrogens with zero attached hydrogens (tertiary/aromatic N) is 1. The molecule has 1 unspecified atom stereocenters. The van der Waals surface area contributed by atoms with Crippen LogP contribution in [0.25, 0.3) is 0 Å². The van der Waals surface area contributed by atoms with Crippen LogP contribution in [-0.2, 0) is 0 Å². The molecular weight excluding hydrogens is 336 g/mol. The van der Waals surface area contributed by atoms with Crippen LogP contribution in [0.5, 0.6) is 0 Å². The van der Waals surface area contributed by atoms with E-state index in [9.17, 15) is 9.90 Å². The standard InChI is InChI=1S/C23H23N2O2/c1-14-12-18-21(13-17(14)22(26)15-8-4-6-10-19(15)24)25(2,3)20-11-7-5-9-16(20)23(18)27/h4-13,22,26H,24H2,1-3H3/q+1. The lowest BCUT2D eigenvalue weighted by Crippen LogP contribution is -2.40. The Bertz CT molecular complexity index is 1070. The van der Waals surface area contributed by atoms with Gasteiger partial charge in [-0.25, -0.2) is 0 Å². The highest BCUT2D eigenvalue weighted by Crippen LogP contribution is 2.44. The second-order valence-electron chi connectivity index (χ2n) is 7.56. The number of para-hydroxylation sites is 2. The van der Waals surface area contributed by atoms with Gasteiger partial charge in [0.1, 0.15) is 17.5 Å². The SMILES string of the molecule is Cc1cc2c(cc1C(O)c1ccccc1N)[N+](C)(C)c1ccccc1C2=O. The molecule has 0 amide bonds. The van der Waals surface area contributed by atoms with Gasteiger partial charge in [-0.3, -0.25) is 9.28 Å². The maximum atomic E-state index is 13.1. The number of aryl methyl sites for hydroxylation is 1. The summed E-state index contributed by atoms with van der Waals surface area (Å²) < 4.78 is 0.446. The summed E-state index contributed by atoms with van der Waals surface area (Å²) in [4.78, 5) is 13.1. The van der Waals surface area contributed by atoms with Crippen LogP contribution in [0.4, 0.5) is 17.1 Å². The molecule has 0 aliphatic carbocycles. The molecule has 0 saturated heterocycles. The first-order valence-corrected chi connectivity index (χ1v) is 8.98. The van der Waals surface area contributed by atoms with Crippen molar-refractivity contribution in [3.8, 4) is 0 Å². The third-order valence-corrected chi connectivity index (χ3v) is 5.57. The number of carbonyl (C=O) groups excluding carboxylic acids is 1. The zero-order valence-electron chi connectivity index (χ0n) is 15.7. The number of hydrogen-bond donors (Lipinski definition) is 2. The van der Waals surface area contributed by atoms with E-state index in [0.29, 0.717) is 21.3 Å². The zero-order chi connectivity index (χ0) is 19.3. The minimum absolute atomic E-state index is 0.0291. The number of hydrogen-bond acceptors (Lipinski definition) is 3. The van der Waals surface area contributed by atoms with Gasteiger partial charge in [0.15, 0.2) is 0 Å². The van der Waals surface area contributed by atoms with Gasteiger partial charge >= 0.3 is 0 Å². The maximum Gasteiger partial charge on any atom is 0.205 e. The molecule has 27 heavy (non-hydrogen) atoms. The molecule has 0 fully saturated rings. The van der Waals surface area contributed by atoms with Crippen LogP contribution in [0.2, 0.25) is 0 Å². The number of nitrogen functional groups attached to an aromatic ring is 1. The molecule has 0 bridgehead atoms. The van der Waals surface area contributed by atoms with Crippen LogP contribution in [-0.4, -0.2) is 25.0 Å². The Hall–Kier alpha value is -2.95. The molecule has 1 aliphatic rings. The van der Waals surface area contributed by atoms with Gasteiger partial charge in [-0.05, 0) is 36.2 Å². The molecule has 1 atom stereocenters. The van der Waals surface area contributed by atoms with E-state index in [0.717, 1.165) is 28.1 Å². The molecule has 1 aliphatic heterocycles. The van der Waals surface area contributed by atoms with Crippen molar-refractivity contribution in [2.75, 3.05) is 19.8 Å². The average Bonchev–Trinajstić information content (AvgIpc) is 2.66. The molecule has 3 aromatic rings. The van der Waals surface area contributed by atoms with Gasteiger partial charge in [-0.2, -0.15) is 0 Å². The van der Waals surface area contributed by atoms with Gasteiger partial charge in [0.05, 0.1) is 25.2 Å². The molecule has 136 valence electrons. The normalized spacial score (nSPS) is 15.8. The van der Waals surface area contributed by atoms with Crippen LogP contribution in [0.15, 0.2) is 60.7 Å². The minimum atomic E-state index is -0.844. The predicted molar refractivity (Wildman–Crippen MR) is 109 cm³/mol. The van der Waals surface area contributed by atoms with E-state index < -0.39 is 6.10 Å². The van der Waals surface area contributed by atoms with E-state index in [2.05, 4.69) is 14.1 Å². The molecule has 0 radical (unpaired) electrons. The number of aliphatic hydroxyl groups excluding tert-OH is 1. The van der Waals surface area contributed by atoms with Crippen molar-refractivity contribution in [3.63, 3.8) is 0 Å². The van der Waals surface area contributed by atoms with Gasteiger partial charge in [-0.1, -0.05) is 30.3 Å². The molecule has 0 saturated carbocycles. The number of anilines is 1. The van der Waals surface area contributed by atoms with Gasteiger partial charge in [0.25, 0.3) is 0 Å². The van der Waals surface area contributed by atoms with E-state index in [1.54, 1.807) is 6.07 Å². The van der Waals surface area contributed by atoms with Gasteiger partial charge in [-0.15, -0.1) is 0 Å². The smallest absolute Gasteiger partial charge is 0.205 e. The van der Waals surface area contributed by atoms with Gasteiger partial charge in [0.2, 0.25) is 5.78 Å². The number of nitrogens with two attached hydrogens (primary N) is 1. The number of benzene rings is 3. The predicted octanol–water partition coefficient (Wildman–Crippen LogP) is 4.10. The lowest BCUT2D eigenvalue weighted by molar-refractivity contribution is 0.103. The molecule has 4 rings (SSSR count). The van der Waals surface area contributed by atoms with Crippen LogP contribution >= 0.6 is 0 Å². The Morgan fingerprint density at radius 2 is 1.56 bits per heavy atom. The Morgan fingerprint density at radius 1 is 0.889 bits per heavy atom. The third kappa shape index (κ3) is 2.57. The fourth-order valence-electron chi connectivity index (χ4n) is 4.01. The fourth-order valence-corrected chi connectivity index (χ4v) is 4.01. The van der Waals surface area contributed by atoms with E-state index in [1.165, 1.54) is 0 Å². The average molecular weight is 359 g/mol. The Kier molecular flexibility index (Phi) is 3.91. The second kappa shape index (κ2) is 6.05. The molecule has 4 nitrogen and oxygen atoms in total. The van der Waals surface area contributed by atoms with Crippen molar-refractivity contribution in [1.29, 1.82) is 0 Å². The highest BCUT2D eigenvalue weighted by atomic mass is 16.3. The minimum Gasteiger partial charge on any atom is -0.398 e. The molecule has 0 aromatic heterocycles. The zero-order valence-corrected chi connectivity index (χ0v) is 15.7. The summed E-state index contributed by atoms with van der Waals surface area (Å²) in [6, 6.07) is 18.9. The first-order valence-electron chi connectivity index (χ1n) is 8.98. The van der Waals surface area contributed by atoms with Crippen molar-refractivity contribution in [2.45, 2.75) is 13.0 Å². The molecule has 3 aromatic carbocycles. The quantitative estimate of drug-likeness (QED) is 0.535. The molecule has 1 heterocycles. The van der Waals surface area contributed by atoms with E-state index >= 15 is 0 Å². The number of fused-ring (bicyclic) bond motifs is 2. The summed E-state index contributed by atoms with van der Waals surface area (Å²) in [5.74, 6) is 0.0291. The fraction of sp³-hybridized carbons (Fsp3) is 0.174. The summed E-state index contributed by atoms with van der Waals surface area (Å²) in [6.07, 6.45) is -0.844. The third-order valence-electron chi connectivity index (χ3n) is 5.57. The molecule has 3 N–H and O–H groups in total. The number of carbonyl (C=O) groups is 1. The topological polar surface area (TPSA) is 63.3 Å². The summed E-state index contributed by atoms with van der Waals surface area (Å²) in [7, 11) is 4.12. The van der Waals surface area contributed by atoms with Crippen LogP contribution in [0, 0.1) is 6.92 Å². The lowest BCUT2D eigenvalue weighted by atomic mass is 9.87. The van der Waals surface area contributed by atoms with E-state index in [1.807, 2.05) is 61.5 Å². The number of quaternary nitrogens is 1. The van der Waals surface area contributed by atoms with Crippen molar-refractivity contribution in [2.24, 2.45) is 0 Å². The van der Waals surface area contributed by atoms with Crippen LogP contribution in [0.1, 0.15) is 38.7 Å². The molecule has 4 heteroatoms. The maximum absolute atomic E-state index is 13.1. The number of aliphatic hydroxyl groups is 1. The largest absolute Gasteiger partial charge is 0.398 e. The van der Waals surface area contributed by atoms with E-state index in [4.69, 9.17) is 5.73 Å². The number of rotatable bonds is 2. The summed E-state index contributed by atoms with van der Waals surface area (Å²) >= 11 is 0. The van der Waals surface area contributed by atoms with Crippen molar-refractivity contribution < 1.29 is 9.90 Å². The Labute approximate surface area is 159 Å². The van der Waals surface area contributed by atoms with Crippen molar-refractivity contribution in [1.82, 2.24) is 4.48 Å². The van der Waals surface area contributed by atoms with Crippen molar-refractivity contribution >= 4 is 22.8 Å². The molecule has 0 spiro atoms. The van der Waals surface area contributed by atoms with Gasteiger partial charge in [0, 0.05) is 23.4 Å². The van der Waals surface area contributed by atoms with Crippen LogP contribution < -0.4 is 10.2 Å². The highest BCUT2D eigenvalue weighted by molar-refractivity contribution is 6.18. The second-order valence-corrected chi connectivity index (χ2v) is 7.56. The summed E-state index contributed by atoms with van der Waals surface area (Å²) in [5, 5.41) is 11.0. The first kappa shape index (κ1) is 17.5. The monoisotopic (exact) mass is 359 g/mol. The van der Waals surface area contributed by atoms with E-state index in [-0.39, 0.29) is 5.78 Å². The first-order chi connectivity index (χ1) is 12.8.